The number of aromatic nitrogens is 4. The maximum Gasteiger partial charge on any atom is 0.265 e. The van der Waals surface area contributed by atoms with Crippen molar-refractivity contribution < 1.29 is 9.90 Å². The van der Waals surface area contributed by atoms with E-state index in [-0.39, 0.29) is 28.8 Å². The highest BCUT2D eigenvalue weighted by molar-refractivity contribution is 6.13. The summed E-state index contributed by atoms with van der Waals surface area (Å²) in [5.74, 6) is -0.934. The lowest BCUT2D eigenvalue weighted by Crippen LogP contribution is -2.21. The number of aryl methyl sites for hydroxylation is 3. The molecule has 3 aromatic heterocycles. The first-order valence-electron chi connectivity index (χ1n) is 8.71. The molecule has 0 atom stereocenters. The van der Waals surface area contributed by atoms with Gasteiger partial charge in [0.15, 0.2) is 17.4 Å². The molecule has 6 N–H and O–H groups in total. The van der Waals surface area contributed by atoms with E-state index in [2.05, 4.69) is 15.1 Å². The van der Waals surface area contributed by atoms with Crippen molar-refractivity contribution in [1.29, 1.82) is 5.41 Å². The second-order valence-corrected chi connectivity index (χ2v) is 6.44. The van der Waals surface area contributed by atoms with Crippen LogP contribution in [0.25, 0.3) is 5.52 Å². The molecule has 0 spiro atoms. The Hall–Kier alpha value is -3.69. The second kappa shape index (κ2) is 7.14. The summed E-state index contributed by atoms with van der Waals surface area (Å²) in [6.07, 6.45) is 3.99. The minimum Gasteiger partial charge on any atom is -0.504 e. The minimum absolute atomic E-state index is 0.0448. The van der Waals surface area contributed by atoms with Gasteiger partial charge in [-0.05, 0) is 26.3 Å². The molecule has 0 aliphatic carbocycles. The second-order valence-electron chi connectivity index (χ2n) is 6.44. The number of carbonyl (C=O) groups is 1. The van der Waals surface area contributed by atoms with Gasteiger partial charge < -0.3 is 21.0 Å². The van der Waals surface area contributed by atoms with E-state index in [1.807, 2.05) is 6.92 Å². The van der Waals surface area contributed by atoms with E-state index in [9.17, 15) is 9.90 Å². The standard InChI is InChI=1S/C18H22N8O2/c1-4-5-26-14(15(27)10(3)24-26)17(20)23-16(19)11-6-12(18(21)28)25-8-9(2)22-7-13(11)25/h6-8,27H,4-5H2,1-3H3,(H2,21,28)(H3,19,20,23). The maximum absolute atomic E-state index is 11.8. The predicted molar refractivity (Wildman–Crippen MR) is 105 cm³/mol. The highest BCUT2D eigenvalue weighted by atomic mass is 16.3. The molecule has 0 aliphatic heterocycles. The lowest BCUT2D eigenvalue weighted by Gasteiger charge is -2.06. The zero-order chi connectivity index (χ0) is 20.6. The monoisotopic (exact) mass is 382 g/mol. The normalized spacial score (nSPS) is 11.9. The van der Waals surface area contributed by atoms with Crippen LogP contribution >= 0.6 is 0 Å². The molecule has 146 valence electrons. The number of hydrogen-bond donors (Lipinski definition) is 4. The first-order valence-corrected chi connectivity index (χ1v) is 8.71. The Labute approximate surface area is 161 Å². The van der Waals surface area contributed by atoms with Crippen LogP contribution in [0.4, 0.5) is 0 Å². The maximum atomic E-state index is 11.8. The van der Waals surface area contributed by atoms with Crippen molar-refractivity contribution in [3.63, 3.8) is 0 Å². The molecule has 1 amide bonds. The summed E-state index contributed by atoms with van der Waals surface area (Å²) in [6.45, 7) is 5.97. The molecule has 0 fully saturated rings. The van der Waals surface area contributed by atoms with Crippen LogP contribution in [0.5, 0.6) is 5.75 Å². The van der Waals surface area contributed by atoms with Crippen molar-refractivity contribution in [1.82, 2.24) is 19.2 Å². The molecule has 3 heterocycles. The van der Waals surface area contributed by atoms with Crippen molar-refractivity contribution in [2.24, 2.45) is 16.5 Å². The van der Waals surface area contributed by atoms with Crippen LogP contribution in [0.2, 0.25) is 0 Å². The van der Waals surface area contributed by atoms with Crippen LogP contribution in [-0.2, 0) is 6.54 Å². The molecular weight excluding hydrogens is 360 g/mol. The zero-order valence-corrected chi connectivity index (χ0v) is 15.9. The van der Waals surface area contributed by atoms with Gasteiger partial charge in [-0.3, -0.25) is 19.9 Å². The van der Waals surface area contributed by atoms with Crippen molar-refractivity contribution >= 4 is 23.1 Å². The quantitative estimate of drug-likeness (QED) is 0.383. The number of nitrogens with one attached hydrogen (secondary N) is 1. The number of hydrogen-bond acceptors (Lipinski definition) is 5. The first kappa shape index (κ1) is 19.1. The third-order valence-electron chi connectivity index (χ3n) is 4.30. The van der Waals surface area contributed by atoms with Gasteiger partial charge >= 0.3 is 0 Å². The molecule has 0 unspecified atom stereocenters. The van der Waals surface area contributed by atoms with E-state index in [0.29, 0.717) is 29.0 Å². The average molecular weight is 382 g/mol. The molecule has 0 saturated heterocycles. The molecule has 28 heavy (non-hydrogen) atoms. The van der Waals surface area contributed by atoms with Crippen LogP contribution in [0.15, 0.2) is 23.5 Å². The molecule has 3 aromatic rings. The third-order valence-corrected chi connectivity index (χ3v) is 4.30. The van der Waals surface area contributed by atoms with Crippen molar-refractivity contribution in [2.75, 3.05) is 0 Å². The Bertz CT molecular complexity index is 1120. The van der Waals surface area contributed by atoms with Gasteiger partial charge in [0.25, 0.3) is 5.91 Å². The number of carbonyl (C=O) groups excluding carboxylic acids is 1. The highest BCUT2D eigenvalue weighted by Crippen LogP contribution is 2.23. The minimum atomic E-state index is -0.633. The van der Waals surface area contributed by atoms with Gasteiger partial charge in [0.05, 0.1) is 17.4 Å². The smallest absolute Gasteiger partial charge is 0.265 e. The summed E-state index contributed by atoms with van der Waals surface area (Å²) in [5, 5.41) is 22.9. The van der Waals surface area contributed by atoms with E-state index >= 15 is 0 Å². The van der Waals surface area contributed by atoms with Gasteiger partial charge in [0.2, 0.25) is 0 Å². The van der Waals surface area contributed by atoms with Gasteiger partial charge in [0, 0.05) is 18.3 Å². The van der Waals surface area contributed by atoms with Crippen LogP contribution in [-0.4, -0.2) is 41.9 Å². The van der Waals surface area contributed by atoms with Gasteiger partial charge in [0.1, 0.15) is 17.1 Å². The molecule has 0 radical (unpaired) electrons. The number of fused-ring (bicyclic) bond motifs is 1. The van der Waals surface area contributed by atoms with Gasteiger partial charge in [-0.1, -0.05) is 6.92 Å². The Morgan fingerprint density at radius 3 is 2.71 bits per heavy atom. The predicted octanol–water partition coefficient (Wildman–Crippen LogP) is 1.09. The lowest BCUT2D eigenvalue weighted by atomic mass is 10.2. The Morgan fingerprint density at radius 2 is 2.07 bits per heavy atom. The Balaban J connectivity index is 2.10. The van der Waals surface area contributed by atoms with E-state index < -0.39 is 5.91 Å². The van der Waals surface area contributed by atoms with Crippen LogP contribution in [0, 0.1) is 19.3 Å². The number of amides is 1. The molecule has 0 bridgehead atoms. The summed E-state index contributed by atoms with van der Waals surface area (Å²) in [6, 6.07) is 1.48. The Kier molecular flexibility index (Phi) is 4.87. The molecule has 0 aliphatic rings. The highest BCUT2D eigenvalue weighted by Gasteiger charge is 2.20. The summed E-state index contributed by atoms with van der Waals surface area (Å²) >= 11 is 0. The van der Waals surface area contributed by atoms with Crippen molar-refractivity contribution in [3.05, 3.63) is 46.8 Å². The number of nitrogens with zero attached hydrogens (tertiary/aromatic N) is 5. The molecule has 10 nitrogen and oxygen atoms in total. The fourth-order valence-electron chi connectivity index (χ4n) is 3.01. The van der Waals surface area contributed by atoms with Crippen LogP contribution < -0.4 is 11.5 Å². The van der Waals surface area contributed by atoms with E-state index in [1.165, 1.54) is 6.07 Å². The average Bonchev–Trinajstić information content (AvgIpc) is 3.13. The van der Waals surface area contributed by atoms with Crippen molar-refractivity contribution in [3.8, 4) is 5.75 Å². The fraction of sp³-hybridized carbons (Fsp3) is 0.278. The van der Waals surface area contributed by atoms with Crippen LogP contribution in [0.3, 0.4) is 0 Å². The summed E-state index contributed by atoms with van der Waals surface area (Å²) in [5.41, 5.74) is 14.0. The number of rotatable bonds is 5. The largest absolute Gasteiger partial charge is 0.504 e. The number of aliphatic imine (C=N–C) groups is 1. The fourth-order valence-corrected chi connectivity index (χ4v) is 3.01. The first-order chi connectivity index (χ1) is 13.2. The molecule has 0 aromatic carbocycles. The van der Waals surface area contributed by atoms with Gasteiger partial charge in [-0.25, -0.2) is 4.99 Å². The number of amidine groups is 2. The van der Waals surface area contributed by atoms with Gasteiger partial charge in [-0.15, -0.1) is 0 Å². The summed E-state index contributed by atoms with van der Waals surface area (Å²) in [4.78, 5) is 20.1. The van der Waals surface area contributed by atoms with Gasteiger partial charge in [-0.2, -0.15) is 5.10 Å². The zero-order valence-electron chi connectivity index (χ0n) is 15.9. The molecule has 10 heteroatoms. The number of aromatic hydroxyl groups is 1. The summed E-state index contributed by atoms with van der Waals surface area (Å²) < 4.78 is 3.14. The van der Waals surface area contributed by atoms with E-state index in [1.54, 1.807) is 35.3 Å². The number of nitrogens with two attached hydrogens (primary N) is 2. The van der Waals surface area contributed by atoms with E-state index in [0.717, 1.165) is 6.42 Å². The number of primary amides is 1. The topological polar surface area (TPSA) is 161 Å². The van der Waals surface area contributed by atoms with Crippen molar-refractivity contribution in [2.45, 2.75) is 33.7 Å². The molecule has 3 rings (SSSR count). The molecular formula is C18H22N8O2. The summed E-state index contributed by atoms with van der Waals surface area (Å²) in [7, 11) is 0. The third kappa shape index (κ3) is 3.20. The lowest BCUT2D eigenvalue weighted by molar-refractivity contribution is 0.0995. The SMILES string of the molecule is CCCn1nc(C)c(O)c1C(N)=NC(=N)c1cc(C(N)=O)n2cc(C)ncc12. The molecule has 0 saturated carbocycles. The van der Waals surface area contributed by atoms with Crippen LogP contribution in [0.1, 0.15) is 46.5 Å². The van der Waals surface area contributed by atoms with E-state index in [4.69, 9.17) is 16.9 Å². The Morgan fingerprint density at radius 1 is 1.36 bits per heavy atom.